The normalized spacial score (nSPS) is 22.7. The molecule has 3 N–H and O–H groups in total. The Morgan fingerprint density at radius 3 is 2.45 bits per heavy atom. The van der Waals surface area contributed by atoms with E-state index in [1.54, 1.807) is 13.0 Å². The molecule has 182 valence electrons. The highest BCUT2D eigenvalue weighted by Crippen LogP contribution is 2.28. The Morgan fingerprint density at radius 2 is 1.82 bits per heavy atom. The first-order valence-corrected chi connectivity index (χ1v) is 12.5. The highest BCUT2D eigenvalue weighted by atomic mass is 32.2. The van der Waals surface area contributed by atoms with E-state index >= 15 is 0 Å². The van der Waals surface area contributed by atoms with Crippen LogP contribution >= 0.6 is 0 Å². The van der Waals surface area contributed by atoms with Crippen LogP contribution in [0.5, 0.6) is 0 Å². The van der Waals surface area contributed by atoms with Gasteiger partial charge in [0.15, 0.2) is 6.10 Å². The molecule has 0 spiro atoms. The second-order valence-corrected chi connectivity index (χ2v) is 10.6. The fourth-order valence-electron chi connectivity index (χ4n) is 4.09. The van der Waals surface area contributed by atoms with E-state index in [-0.39, 0.29) is 23.9 Å². The Morgan fingerprint density at radius 1 is 1.15 bits per heavy atom. The Balaban J connectivity index is 1.65. The third-order valence-electron chi connectivity index (χ3n) is 6.18. The molecule has 1 saturated carbocycles. The molecular weight excluding hydrogens is 450 g/mol. The minimum Gasteiger partial charge on any atom is -0.451 e. The largest absolute Gasteiger partial charge is 0.451 e. The van der Waals surface area contributed by atoms with E-state index in [0.29, 0.717) is 0 Å². The standard InChI is InChI=1S/C22H31N3O7S/c1-13-8-9-18(10-14(13)2)33(30,31)25-12-17(26)11-19(25)21(28)32-15(3)20(27)24-22(29)23-16-6-4-5-7-16/h8-10,15-17,19,26H,4-7,11-12H2,1-3H3,(H2,23,24,27,29)/t15?,17?,19-/m0/s1. The molecule has 2 aliphatic rings. The summed E-state index contributed by atoms with van der Waals surface area (Å²) < 4.78 is 32.4. The van der Waals surface area contributed by atoms with Crippen molar-refractivity contribution >= 4 is 27.9 Å². The van der Waals surface area contributed by atoms with Crippen molar-refractivity contribution in [2.75, 3.05) is 6.54 Å². The average Bonchev–Trinajstić information content (AvgIpc) is 3.39. The van der Waals surface area contributed by atoms with E-state index in [2.05, 4.69) is 10.6 Å². The number of aryl methyl sites for hydroxylation is 2. The molecule has 1 aliphatic carbocycles. The molecular formula is C22H31N3O7S. The van der Waals surface area contributed by atoms with Gasteiger partial charge in [0.25, 0.3) is 5.91 Å². The highest BCUT2D eigenvalue weighted by molar-refractivity contribution is 7.89. The quantitative estimate of drug-likeness (QED) is 0.517. The molecule has 0 radical (unpaired) electrons. The van der Waals surface area contributed by atoms with E-state index in [1.807, 2.05) is 6.92 Å². The number of carbonyl (C=O) groups is 3. The van der Waals surface area contributed by atoms with Gasteiger partial charge in [-0.15, -0.1) is 0 Å². The van der Waals surface area contributed by atoms with E-state index in [1.165, 1.54) is 19.1 Å². The second-order valence-electron chi connectivity index (χ2n) is 8.75. The summed E-state index contributed by atoms with van der Waals surface area (Å²) in [5, 5.41) is 14.9. The number of hydrogen-bond donors (Lipinski definition) is 3. The number of imide groups is 1. The second kappa shape index (κ2) is 10.2. The molecule has 3 atom stereocenters. The van der Waals surface area contributed by atoms with Crippen molar-refractivity contribution in [2.45, 2.75) is 82.1 Å². The first-order chi connectivity index (χ1) is 15.5. The van der Waals surface area contributed by atoms with Gasteiger partial charge in [0.2, 0.25) is 10.0 Å². The number of sulfonamides is 1. The molecule has 2 fully saturated rings. The number of aliphatic hydroxyl groups excluding tert-OH is 1. The van der Waals surface area contributed by atoms with Crippen molar-refractivity contribution in [1.82, 2.24) is 14.9 Å². The SMILES string of the molecule is Cc1ccc(S(=O)(=O)N2CC(O)C[C@H]2C(=O)OC(C)C(=O)NC(=O)NC2CCCC2)cc1C. The van der Waals surface area contributed by atoms with E-state index < -0.39 is 46.2 Å². The Labute approximate surface area is 193 Å². The van der Waals surface area contributed by atoms with Crippen LogP contribution in [0.2, 0.25) is 0 Å². The van der Waals surface area contributed by atoms with Crippen LogP contribution < -0.4 is 10.6 Å². The summed E-state index contributed by atoms with van der Waals surface area (Å²) in [6.07, 6.45) is 1.20. The van der Waals surface area contributed by atoms with Gasteiger partial charge in [0, 0.05) is 19.0 Å². The molecule has 1 aromatic carbocycles. The summed E-state index contributed by atoms with van der Waals surface area (Å²) in [5.41, 5.74) is 1.69. The number of urea groups is 1. The van der Waals surface area contributed by atoms with Gasteiger partial charge in [0.1, 0.15) is 6.04 Å². The number of ether oxygens (including phenoxy) is 1. The highest BCUT2D eigenvalue weighted by Gasteiger charge is 2.45. The molecule has 3 amide bonds. The number of hydrogen-bond acceptors (Lipinski definition) is 7. The van der Waals surface area contributed by atoms with Gasteiger partial charge in [-0.25, -0.2) is 13.2 Å². The van der Waals surface area contributed by atoms with E-state index in [4.69, 9.17) is 4.74 Å². The molecule has 1 aliphatic heterocycles. The maximum atomic E-state index is 13.2. The fraction of sp³-hybridized carbons (Fsp3) is 0.591. The summed E-state index contributed by atoms with van der Waals surface area (Å²) in [6, 6.07) is 2.70. The molecule has 0 bridgehead atoms. The number of esters is 1. The van der Waals surface area contributed by atoms with Crippen LogP contribution in [0.25, 0.3) is 0 Å². The van der Waals surface area contributed by atoms with Crippen molar-refractivity contribution in [2.24, 2.45) is 0 Å². The third-order valence-corrected chi connectivity index (χ3v) is 8.05. The zero-order valence-electron chi connectivity index (χ0n) is 19.0. The maximum Gasteiger partial charge on any atom is 0.325 e. The first kappa shape index (κ1) is 25.1. The Bertz CT molecular complexity index is 1020. The minimum atomic E-state index is -4.09. The summed E-state index contributed by atoms with van der Waals surface area (Å²) in [4.78, 5) is 37.0. The van der Waals surface area contributed by atoms with Gasteiger partial charge in [-0.2, -0.15) is 4.31 Å². The number of amides is 3. The summed E-state index contributed by atoms with van der Waals surface area (Å²) in [6.45, 7) is 4.66. The number of β-amino-alcohol motifs (C(OH)–C–C–N with tert-alkyl or cyclic N) is 1. The van der Waals surface area contributed by atoms with Crippen LogP contribution in [0.3, 0.4) is 0 Å². The Hall–Kier alpha value is -2.50. The van der Waals surface area contributed by atoms with Crippen LogP contribution in [0.4, 0.5) is 4.79 Å². The van der Waals surface area contributed by atoms with Crippen molar-refractivity contribution in [3.63, 3.8) is 0 Å². The molecule has 10 nitrogen and oxygen atoms in total. The number of aliphatic hydroxyl groups is 1. The number of nitrogens with one attached hydrogen (secondary N) is 2. The lowest BCUT2D eigenvalue weighted by Gasteiger charge is -2.24. The molecule has 0 aromatic heterocycles. The van der Waals surface area contributed by atoms with Crippen LogP contribution in [-0.2, 0) is 24.3 Å². The summed E-state index contributed by atoms with van der Waals surface area (Å²) in [5.74, 6) is -1.78. The molecule has 1 heterocycles. The number of rotatable bonds is 6. The third kappa shape index (κ3) is 5.90. The van der Waals surface area contributed by atoms with Gasteiger partial charge < -0.3 is 15.2 Å². The lowest BCUT2D eigenvalue weighted by Crippen LogP contribution is -2.48. The predicted octanol–water partition coefficient (Wildman–Crippen LogP) is 1.13. The number of benzene rings is 1. The predicted molar refractivity (Wildman–Crippen MR) is 119 cm³/mol. The first-order valence-electron chi connectivity index (χ1n) is 11.1. The summed E-state index contributed by atoms with van der Waals surface area (Å²) in [7, 11) is -4.09. The van der Waals surface area contributed by atoms with Crippen molar-refractivity contribution in [3.05, 3.63) is 29.3 Å². The van der Waals surface area contributed by atoms with Gasteiger partial charge in [-0.1, -0.05) is 18.9 Å². The van der Waals surface area contributed by atoms with Crippen LogP contribution in [-0.4, -0.2) is 66.6 Å². The Kier molecular flexibility index (Phi) is 7.76. The number of nitrogens with zero attached hydrogens (tertiary/aromatic N) is 1. The average molecular weight is 482 g/mol. The molecule has 3 rings (SSSR count). The summed E-state index contributed by atoms with van der Waals surface area (Å²) >= 11 is 0. The van der Waals surface area contributed by atoms with Crippen LogP contribution in [0.1, 0.15) is 50.2 Å². The van der Waals surface area contributed by atoms with Crippen LogP contribution in [0.15, 0.2) is 23.1 Å². The van der Waals surface area contributed by atoms with Gasteiger partial charge in [-0.05, 0) is 56.9 Å². The smallest absolute Gasteiger partial charge is 0.325 e. The molecule has 11 heteroatoms. The zero-order valence-corrected chi connectivity index (χ0v) is 19.9. The van der Waals surface area contributed by atoms with Crippen molar-refractivity contribution < 1.29 is 32.6 Å². The maximum absolute atomic E-state index is 13.2. The molecule has 2 unspecified atom stereocenters. The van der Waals surface area contributed by atoms with E-state index in [9.17, 15) is 27.9 Å². The van der Waals surface area contributed by atoms with Gasteiger partial charge in [-0.3, -0.25) is 14.9 Å². The minimum absolute atomic E-state index is 0.00637. The fourth-order valence-corrected chi connectivity index (χ4v) is 5.80. The monoisotopic (exact) mass is 481 g/mol. The van der Waals surface area contributed by atoms with Gasteiger partial charge in [0.05, 0.1) is 11.0 Å². The van der Waals surface area contributed by atoms with Crippen molar-refractivity contribution in [3.8, 4) is 0 Å². The van der Waals surface area contributed by atoms with Crippen molar-refractivity contribution in [1.29, 1.82) is 0 Å². The van der Waals surface area contributed by atoms with Crippen LogP contribution in [0, 0.1) is 13.8 Å². The lowest BCUT2D eigenvalue weighted by molar-refractivity contribution is -0.157. The lowest BCUT2D eigenvalue weighted by atomic mass is 10.1. The number of carbonyl (C=O) groups excluding carboxylic acids is 3. The molecule has 33 heavy (non-hydrogen) atoms. The van der Waals surface area contributed by atoms with Gasteiger partial charge >= 0.3 is 12.0 Å². The molecule has 1 saturated heterocycles. The zero-order chi connectivity index (χ0) is 24.3. The molecule has 1 aromatic rings. The van der Waals surface area contributed by atoms with E-state index in [0.717, 1.165) is 41.1 Å². The topological polar surface area (TPSA) is 142 Å².